The molecule has 25 heavy (non-hydrogen) atoms. The van der Waals surface area contributed by atoms with Crippen molar-refractivity contribution in [1.82, 2.24) is 9.97 Å². The number of hydrogen-bond donors (Lipinski definition) is 1. The summed E-state index contributed by atoms with van der Waals surface area (Å²) in [6, 6.07) is 12.3. The highest BCUT2D eigenvalue weighted by Crippen LogP contribution is 2.23. The van der Waals surface area contributed by atoms with Gasteiger partial charge in [-0.25, -0.2) is 14.4 Å². The third-order valence-electron chi connectivity index (χ3n) is 4.38. The summed E-state index contributed by atoms with van der Waals surface area (Å²) in [5.74, 6) is 0.466. The number of aromatic nitrogens is 2. The van der Waals surface area contributed by atoms with E-state index in [0.29, 0.717) is 29.7 Å². The molecule has 126 valence electrons. The van der Waals surface area contributed by atoms with Crippen molar-refractivity contribution in [3.8, 4) is 0 Å². The monoisotopic (exact) mass is 336 g/mol. The number of fused-ring (bicyclic) bond motifs is 1. The zero-order chi connectivity index (χ0) is 17.2. The molecule has 2 heterocycles. The van der Waals surface area contributed by atoms with Gasteiger partial charge in [0.05, 0.1) is 5.52 Å². The zero-order valence-corrected chi connectivity index (χ0v) is 13.6. The van der Waals surface area contributed by atoms with Crippen LogP contribution in [0.5, 0.6) is 0 Å². The van der Waals surface area contributed by atoms with Crippen LogP contribution in [0.15, 0.2) is 48.8 Å². The Morgan fingerprint density at radius 3 is 2.72 bits per heavy atom. The first-order valence-electron chi connectivity index (χ1n) is 8.24. The highest BCUT2D eigenvalue weighted by atomic mass is 19.1. The quantitative estimate of drug-likeness (QED) is 0.792. The highest BCUT2D eigenvalue weighted by Gasteiger charge is 2.21. The molecule has 1 amide bonds. The maximum atomic E-state index is 13.5. The minimum atomic E-state index is -0.315. The van der Waals surface area contributed by atoms with Crippen molar-refractivity contribution in [2.75, 3.05) is 16.8 Å². The first-order valence-corrected chi connectivity index (χ1v) is 8.24. The van der Waals surface area contributed by atoms with Crippen molar-refractivity contribution in [2.45, 2.75) is 19.4 Å². The normalized spacial score (nSPS) is 14.3. The summed E-state index contributed by atoms with van der Waals surface area (Å²) in [5, 5.41) is 3.89. The number of carbonyl (C=O) groups is 1. The van der Waals surface area contributed by atoms with Gasteiger partial charge in [0.1, 0.15) is 18.0 Å². The Kier molecular flexibility index (Phi) is 4.01. The van der Waals surface area contributed by atoms with Crippen molar-refractivity contribution in [3.05, 3.63) is 60.2 Å². The molecule has 0 atom stereocenters. The van der Waals surface area contributed by atoms with Crippen LogP contribution in [0.1, 0.15) is 18.4 Å². The van der Waals surface area contributed by atoms with Crippen molar-refractivity contribution >= 4 is 28.3 Å². The summed E-state index contributed by atoms with van der Waals surface area (Å²) in [6.45, 7) is 1.34. The van der Waals surface area contributed by atoms with E-state index in [-0.39, 0.29) is 11.7 Å². The summed E-state index contributed by atoms with van der Waals surface area (Å²) in [7, 11) is 0. The summed E-state index contributed by atoms with van der Waals surface area (Å²) < 4.78 is 13.5. The standard InChI is InChI=1S/C19H17FN4O/c20-14-5-8-17-16(10-14)19(23-12-22-17)21-11-13-3-6-15(7-4-13)24-9-1-2-18(24)25/h3-8,10,12H,1-2,9,11H2,(H,21,22,23). The Hall–Kier alpha value is -3.02. The Labute approximate surface area is 144 Å². The predicted molar refractivity (Wildman–Crippen MR) is 94.9 cm³/mol. The lowest BCUT2D eigenvalue weighted by Crippen LogP contribution is -2.23. The summed E-state index contributed by atoms with van der Waals surface area (Å²) >= 11 is 0. The summed E-state index contributed by atoms with van der Waals surface area (Å²) in [6.07, 6.45) is 3.00. The van der Waals surface area contributed by atoms with Crippen LogP contribution >= 0.6 is 0 Å². The highest BCUT2D eigenvalue weighted by molar-refractivity contribution is 5.95. The Morgan fingerprint density at radius 2 is 1.96 bits per heavy atom. The van der Waals surface area contributed by atoms with Gasteiger partial charge in [0.25, 0.3) is 0 Å². The lowest BCUT2D eigenvalue weighted by molar-refractivity contribution is -0.117. The third kappa shape index (κ3) is 3.15. The Morgan fingerprint density at radius 1 is 1.12 bits per heavy atom. The fraction of sp³-hybridized carbons (Fsp3) is 0.211. The van der Waals surface area contributed by atoms with Crippen LogP contribution in [-0.2, 0) is 11.3 Å². The van der Waals surface area contributed by atoms with E-state index in [2.05, 4.69) is 15.3 Å². The van der Waals surface area contributed by atoms with Crippen molar-refractivity contribution < 1.29 is 9.18 Å². The molecule has 0 bridgehead atoms. The van der Waals surface area contributed by atoms with Gasteiger partial charge in [-0.05, 0) is 42.3 Å². The number of hydrogen-bond acceptors (Lipinski definition) is 4. The second-order valence-electron chi connectivity index (χ2n) is 6.05. The van der Waals surface area contributed by atoms with Crippen LogP contribution in [0.25, 0.3) is 10.9 Å². The minimum absolute atomic E-state index is 0.181. The van der Waals surface area contributed by atoms with E-state index in [1.807, 2.05) is 29.2 Å². The smallest absolute Gasteiger partial charge is 0.227 e. The third-order valence-corrected chi connectivity index (χ3v) is 4.38. The molecule has 1 N–H and O–H groups in total. The lowest BCUT2D eigenvalue weighted by Gasteiger charge is -2.16. The van der Waals surface area contributed by atoms with Gasteiger partial charge in [-0.15, -0.1) is 0 Å². The first kappa shape index (κ1) is 15.5. The number of nitrogens with zero attached hydrogens (tertiary/aromatic N) is 3. The predicted octanol–water partition coefficient (Wildman–Crippen LogP) is 3.51. The number of nitrogens with one attached hydrogen (secondary N) is 1. The number of halogens is 1. The van der Waals surface area contributed by atoms with Gasteiger partial charge in [0, 0.05) is 30.6 Å². The molecule has 1 fully saturated rings. The van der Waals surface area contributed by atoms with E-state index in [4.69, 9.17) is 0 Å². The molecule has 6 heteroatoms. The zero-order valence-electron chi connectivity index (χ0n) is 13.6. The second-order valence-corrected chi connectivity index (χ2v) is 6.05. The van der Waals surface area contributed by atoms with Gasteiger partial charge in [-0.1, -0.05) is 12.1 Å². The average Bonchev–Trinajstić information content (AvgIpc) is 3.06. The lowest BCUT2D eigenvalue weighted by atomic mass is 10.2. The molecular weight excluding hydrogens is 319 g/mol. The van der Waals surface area contributed by atoms with E-state index >= 15 is 0 Å². The maximum Gasteiger partial charge on any atom is 0.227 e. The van der Waals surface area contributed by atoms with E-state index < -0.39 is 0 Å². The van der Waals surface area contributed by atoms with E-state index in [1.54, 1.807) is 6.07 Å². The van der Waals surface area contributed by atoms with Crippen LogP contribution in [0.2, 0.25) is 0 Å². The van der Waals surface area contributed by atoms with Gasteiger partial charge >= 0.3 is 0 Å². The fourth-order valence-corrected chi connectivity index (χ4v) is 3.07. The largest absolute Gasteiger partial charge is 0.365 e. The number of carbonyl (C=O) groups excluding carboxylic acids is 1. The molecule has 5 nitrogen and oxygen atoms in total. The van der Waals surface area contributed by atoms with Crippen molar-refractivity contribution in [1.29, 1.82) is 0 Å². The van der Waals surface area contributed by atoms with Crippen molar-refractivity contribution in [2.24, 2.45) is 0 Å². The SMILES string of the molecule is O=C1CCCN1c1ccc(CNc2ncnc3ccc(F)cc23)cc1. The van der Waals surface area contributed by atoms with Gasteiger partial charge in [-0.3, -0.25) is 4.79 Å². The number of benzene rings is 2. The number of amides is 1. The van der Waals surface area contributed by atoms with Crippen LogP contribution in [-0.4, -0.2) is 22.4 Å². The summed E-state index contributed by atoms with van der Waals surface area (Å²) in [5.41, 5.74) is 2.68. The molecule has 3 aromatic rings. The fourth-order valence-electron chi connectivity index (χ4n) is 3.07. The van der Waals surface area contributed by atoms with Crippen LogP contribution in [0.3, 0.4) is 0 Å². The molecule has 1 aliphatic rings. The molecular formula is C19H17FN4O. The molecule has 0 aliphatic carbocycles. The van der Waals surface area contributed by atoms with Crippen LogP contribution in [0.4, 0.5) is 15.9 Å². The van der Waals surface area contributed by atoms with Crippen molar-refractivity contribution in [3.63, 3.8) is 0 Å². The molecule has 1 aromatic heterocycles. The molecule has 1 aliphatic heterocycles. The van der Waals surface area contributed by atoms with Crippen LogP contribution < -0.4 is 10.2 Å². The topological polar surface area (TPSA) is 58.1 Å². The van der Waals surface area contributed by atoms with E-state index in [0.717, 1.165) is 24.2 Å². The van der Waals surface area contributed by atoms with Gasteiger partial charge in [0.15, 0.2) is 0 Å². The second kappa shape index (κ2) is 6.47. The minimum Gasteiger partial charge on any atom is -0.365 e. The first-order chi connectivity index (χ1) is 12.2. The molecule has 1 saturated heterocycles. The molecule has 0 unspecified atom stereocenters. The van der Waals surface area contributed by atoms with Gasteiger partial charge < -0.3 is 10.2 Å². The number of rotatable bonds is 4. The Balaban J connectivity index is 1.50. The van der Waals surface area contributed by atoms with E-state index in [1.165, 1.54) is 18.5 Å². The van der Waals surface area contributed by atoms with E-state index in [9.17, 15) is 9.18 Å². The molecule has 4 rings (SSSR count). The molecule has 0 saturated carbocycles. The van der Waals surface area contributed by atoms with Crippen LogP contribution in [0, 0.1) is 5.82 Å². The average molecular weight is 336 g/mol. The molecule has 0 spiro atoms. The Bertz CT molecular complexity index is 926. The maximum absolute atomic E-state index is 13.5. The number of anilines is 2. The van der Waals surface area contributed by atoms with Gasteiger partial charge in [-0.2, -0.15) is 0 Å². The molecule has 2 aromatic carbocycles. The summed E-state index contributed by atoms with van der Waals surface area (Å²) in [4.78, 5) is 22.0. The molecule has 0 radical (unpaired) electrons. The van der Waals surface area contributed by atoms with Gasteiger partial charge in [0.2, 0.25) is 5.91 Å².